The van der Waals surface area contributed by atoms with Crippen molar-refractivity contribution < 1.29 is 14.1 Å². The van der Waals surface area contributed by atoms with Crippen molar-refractivity contribution in [3.63, 3.8) is 0 Å². The Kier molecular flexibility index (Phi) is 8.30. The molecule has 0 N–H and O–H groups in total. The van der Waals surface area contributed by atoms with Gasteiger partial charge < -0.3 is 4.74 Å². The maximum absolute atomic E-state index is 13.4. The zero-order valence-electron chi connectivity index (χ0n) is 13.0. The molecule has 0 saturated carbocycles. The van der Waals surface area contributed by atoms with Crippen molar-refractivity contribution >= 4 is 13.7 Å². The first kappa shape index (κ1) is 18.4. The van der Waals surface area contributed by atoms with Crippen molar-refractivity contribution in [2.75, 3.05) is 39.8 Å². The predicted octanol–water partition coefficient (Wildman–Crippen LogP) is 2.87. The number of hydrogen-bond donors (Lipinski definition) is 0. The molecule has 1 amide bonds. The van der Waals surface area contributed by atoms with E-state index in [-0.39, 0.29) is 6.61 Å². The molecule has 0 aromatic carbocycles. The molecule has 7 heteroatoms. The van der Waals surface area contributed by atoms with Gasteiger partial charge in [-0.1, -0.05) is 27.7 Å². The predicted molar refractivity (Wildman–Crippen MR) is 78.2 cm³/mol. The van der Waals surface area contributed by atoms with Crippen molar-refractivity contribution in [1.82, 2.24) is 14.0 Å². The highest BCUT2D eigenvalue weighted by atomic mass is 31.2. The molecule has 0 aromatic rings. The van der Waals surface area contributed by atoms with Crippen molar-refractivity contribution in [3.8, 4) is 0 Å². The van der Waals surface area contributed by atoms with Crippen molar-refractivity contribution in [2.45, 2.75) is 34.6 Å². The summed E-state index contributed by atoms with van der Waals surface area (Å²) in [7, 11) is -1.54. The number of carbonyl (C=O) groups excluding carboxylic acids is 1. The van der Waals surface area contributed by atoms with Gasteiger partial charge in [-0.05, 0) is 6.92 Å². The van der Waals surface area contributed by atoms with Gasteiger partial charge in [-0.2, -0.15) is 0 Å². The summed E-state index contributed by atoms with van der Waals surface area (Å²) in [5, 5.41) is 0. The van der Waals surface area contributed by atoms with E-state index in [4.69, 9.17) is 4.74 Å². The highest BCUT2D eigenvalue weighted by molar-refractivity contribution is 7.57. The maximum Gasteiger partial charge on any atom is 0.416 e. The largest absolute Gasteiger partial charge is 0.449 e. The summed E-state index contributed by atoms with van der Waals surface area (Å²) in [6.45, 7) is 12.3. The number of ether oxygens (including phenoxy) is 1. The standard InChI is InChI=1S/C12H28N3O3P/c1-7-14(8-2)19(17,15(9-3)10-4)13(6)12(16)18-11-5/h7-11H2,1-6H3. The molecule has 0 fully saturated rings. The van der Waals surface area contributed by atoms with Crippen molar-refractivity contribution in [3.05, 3.63) is 0 Å². The summed E-state index contributed by atoms with van der Waals surface area (Å²) < 4.78 is 23.3. The fourth-order valence-electron chi connectivity index (χ4n) is 2.07. The van der Waals surface area contributed by atoms with Crippen LogP contribution >= 0.6 is 7.59 Å². The molecule has 0 saturated heterocycles. The van der Waals surface area contributed by atoms with Crippen LogP contribution in [0.2, 0.25) is 0 Å². The first-order valence-corrected chi connectivity index (χ1v) is 8.52. The van der Waals surface area contributed by atoms with Gasteiger partial charge in [0.2, 0.25) is 0 Å². The lowest BCUT2D eigenvalue weighted by molar-refractivity contribution is 0.130. The molecule has 0 aliphatic rings. The van der Waals surface area contributed by atoms with E-state index < -0.39 is 13.7 Å². The summed E-state index contributed by atoms with van der Waals surface area (Å²) >= 11 is 0. The lowest BCUT2D eigenvalue weighted by Crippen LogP contribution is -2.42. The third-order valence-corrected chi connectivity index (χ3v) is 6.67. The molecule has 0 aromatic heterocycles. The van der Waals surface area contributed by atoms with E-state index in [1.807, 2.05) is 37.0 Å². The number of amides is 1. The Bertz CT molecular complexity index is 301. The zero-order valence-corrected chi connectivity index (χ0v) is 13.9. The second-order valence-electron chi connectivity index (χ2n) is 4.01. The Hall–Kier alpha value is -0.580. The van der Waals surface area contributed by atoms with Gasteiger partial charge in [0.05, 0.1) is 6.61 Å². The second-order valence-corrected chi connectivity index (χ2v) is 6.77. The first-order chi connectivity index (χ1) is 8.93. The van der Waals surface area contributed by atoms with E-state index in [2.05, 4.69) is 0 Å². The average molecular weight is 293 g/mol. The molecule has 0 bridgehead atoms. The van der Waals surface area contributed by atoms with Crippen LogP contribution in [0.5, 0.6) is 0 Å². The fraction of sp³-hybridized carbons (Fsp3) is 0.917. The molecule has 0 radical (unpaired) electrons. The van der Waals surface area contributed by atoms with Gasteiger partial charge in [0.15, 0.2) is 0 Å². The molecule has 0 aliphatic heterocycles. The van der Waals surface area contributed by atoms with Crippen LogP contribution in [-0.4, -0.2) is 59.9 Å². The smallest absolute Gasteiger partial charge is 0.416 e. The van der Waals surface area contributed by atoms with Gasteiger partial charge in [0.1, 0.15) is 0 Å². The van der Waals surface area contributed by atoms with Gasteiger partial charge >= 0.3 is 13.7 Å². The number of hydrogen-bond acceptors (Lipinski definition) is 3. The van der Waals surface area contributed by atoms with Gasteiger partial charge in [0, 0.05) is 33.2 Å². The van der Waals surface area contributed by atoms with Crippen molar-refractivity contribution in [2.24, 2.45) is 0 Å². The molecule has 0 unspecified atom stereocenters. The quantitative estimate of drug-likeness (QED) is 0.644. The van der Waals surface area contributed by atoms with Crippen LogP contribution in [0.25, 0.3) is 0 Å². The minimum Gasteiger partial charge on any atom is -0.449 e. The Morgan fingerprint density at radius 3 is 1.58 bits per heavy atom. The van der Waals surface area contributed by atoms with E-state index >= 15 is 0 Å². The highest BCUT2D eigenvalue weighted by Crippen LogP contribution is 2.55. The van der Waals surface area contributed by atoms with E-state index in [0.717, 1.165) is 0 Å². The monoisotopic (exact) mass is 293 g/mol. The van der Waals surface area contributed by atoms with Crippen LogP contribution in [0.1, 0.15) is 34.6 Å². The van der Waals surface area contributed by atoms with E-state index in [0.29, 0.717) is 26.2 Å². The van der Waals surface area contributed by atoms with E-state index in [1.54, 1.807) is 14.0 Å². The van der Waals surface area contributed by atoms with Gasteiger partial charge in [-0.15, -0.1) is 0 Å². The minimum absolute atomic E-state index is 0.277. The molecular weight excluding hydrogens is 265 g/mol. The van der Waals surface area contributed by atoms with Gasteiger partial charge in [0.25, 0.3) is 0 Å². The molecule has 0 rings (SSSR count). The van der Waals surface area contributed by atoms with Crippen LogP contribution in [0.3, 0.4) is 0 Å². The lowest BCUT2D eigenvalue weighted by Gasteiger charge is -2.41. The molecule has 0 spiro atoms. The minimum atomic E-state index is -3.09. The SMILES string of the molecule is CCOC(=O)N(C)P(=O)(N(CC)CC)N(CC)CC. The lowest BCUT2D eigenvalue weighted by atomic mass is 10.7. The topological polar surface area (TPSA) is 53.1 Å². The molecule has 0 aliphatic carbocycles. The molecule has 114 valence electrons. The van der Waals surface area contributed by atoms with Crippen LogP contribution < -0.4 is 0 Å². The van der Waals surface area contributed by atoms with Crippen molar-refractivity contribution in [1.29, 1.82) is 0 Å². The molecule has 0 atom stereocenters. The Balaban J connectivity index is 5.49. The van der Waals surface area contributed by atoms with Crippen LogP contribution in [-0.2, 0) is 9.30 Å². The van der Waals surface area contributed by atoms with Gasteiger partial charge in [-0.3, -0.25) is 4.57 Å². The van der Waals surface area contributed by atoms with Crippen LogP contribution in [0.4, 0.5) is 4.79 Å². The normalized spacial score (nSPS) is 12.0. The summed E-state index contributed by atoms with van der Waals surface area (Å²) in [6, 6.07) is 0. The maximum atomic E-state index is 13.4. The zero-order chi connectivity index (χ0) is 15.1. The number of nitrogens with zero attached hydrogens (tertiary/aromatic N) is 3. The third kappa shape index (κ3) is 3.94. The van der Waals surface area contributed by atoms with E-state index in [9.17, 15) is 9.36 Å². The first-order valence-electron chi connectivity index (χ1n) is 6.95. The molecule has 0 heterocycles. The fourth-order valence-corrected chi connectivity index (χ4v) is 4.93. The Morgan fingerprint density at radius 2 is 1.32 bits per heavy atom. The number of carbonyl (C=O) groups is 1. The molecule has 6 nitrogen and oxygen atoms in total. The Labute approximate surface area is 117 Å². The average Bonchev–Trinajstić information content (AvgIpc) is 2.40. The van der Waals surface area contributed by atoms with Gasteiger partial charge in [-0.25, -0.2) is 18.8 Å². The molecule has 19 heavy (non-hydrogen) atoms. The van der Waals surface area contributed by atoms with Crippen LogP contribution in [0, 0.1) is 0 Å². The summed E-state index contributed by atoms with van der Waals surface area (Å²) in [6.07, 6.45) is -0.537. The summed E-state index contributed by atoms with van der Waals surface area (Å²) in [4.78, 5) is 11.9. The van der Waals surface area contributed by atoms with Crippen LogP contribution in [0.15, 0.2) is 0 Å². The number of rotatable bonds is 8. The highest BCUT2D eigenvalue weighted by Gasteiger charge is 2.41. The summed E-state index contributed by atoms with van der Waals surface area (Å²) in [5.41, 5.74) is 0. The summed E-state index contributed by atoms with van der Waals surface area (Å²) in [5.74, 6) is 0. The second kappa shape index (κ2) is 8.56. The van der Waals surface area contributed by atoms with E-state index in [1.165, 1.54) is 4.67 Å². The third-order valence-electron chi connectivity index (χ3n) is 3.12. The molecular formula is C12H28N3O3P. The Morgan fingerprint density at radius 1 is 0.947 bits per heavy atom.